The van der Waals surface area contributed by atoms with E-state index in [1.807, 2.05) is 35.0 Å². The van der Waals surface area contributed by atoms with Crippen LogP contribution in [-0.2, 0) is 9.59 Å². The van der Waals surface area contributed by atoms with Gasteiger partial charge in [0, 0.05) is 23.8 Å². The van der Waals surface area contributed by atoms with Crippen molar-refractivity contribution in [1.82, 2.24) is 15.2 Å². The van der Waals surface area contributed by atoms with Gasteiger partial charge in [0.15, 0.2) is 0 Å². The normalized spacial score (nSPS) is 20.2. The predicted octanol–water partition coefficient (Wildman–Crippen LogP) is 1.85. The number of nitrogens with zero attached hydrogens (tertiary/aromatic N) is 1. The highest BCUT2D eigenvalue weighted by Gasteiger charge is 2.35. The number of nitrogens with one attached hydrogen (secondary N) is 2. The fourth-order valence-corrected chi connectivity index (χ4v) is 3.56. The molecular weight excluding hydrogens is 361 g/mol. The maximum absolute atomic E-state index is 13.3. The quantitative estimate of drug-likeness (QED) is 0.645. The number of amides is 2. The fraction of sp³-hybridized carbons (Fsp3) is 0.238. The second-order valence-electron chi connectivity index (χ2n) is 6.97. The number of para-hydroxylation sites is 1. The van der Waals surface area contributed by atoms with Crippen molar-refractivity contribution in [2.45, 2.75) is 25.0 Å². The van der Waals surface area contributed by atoms with E-state index >= 15 is 0 Å². The van der Waals surface area contributed by atoms with Crippen LogP contribution in [0.3, 0.4) is 0 Å². The average Bonchev–Trinajstić information content (AvgIpc) is 3.23. The summed E-state index contributed by atoms with van der Waals surface area (Å²) in [6, 6.07) is 12.8. The molecule has 0 saturated carbocycles. The van der Waals surface area contributed by atoms with E-state index in [1.54, 1.807) is 19.1 Å². The molecule has 1 unspecified atom stereocenters. The van der Waals surface area contributed by atoms with Gasteiger partial charge in [-0.3, -0.25) is 9.59 Å². The minimum absolute atomic E-state index is 0.127. The predicted molar refractivity (Wildman–Crippen MR) is 103 cm³/mol. The highest BCUT2D eigenvalue weighted by Crippen LogP contribution is 2.30. The molecule has 1 aliphatic heterocycles. The number of aliphatic hydroxyl groups is 1. The molecule has 1 aliphatic rings. The summed E-state index contributed by atoms with van der Waals surface area (Å²) in [5, 5.41) is 15.9. The lowest BCUT2D eigenvalue weighted by molar-refractivity contribution is -0.129. The zero-order valence-corrected chi connectivity index (χ0v) is 15.2. The molecule has 7 heteroatoms. The van der Waals surface area contributed by atoms with Gasteiger partial charge in [0.2, 0.25) is 11.8 Å². The number of aromatic nitrogens is 1. The van der Waals surface area contributed by atoms with E-state index in [1.165, 1.54) is 12.1 Å². The van der Waals surface area contributed by atoms with Crippen molar-refractivity contribution in [3.05, 3.63) is 66.1 Å². The molecule has 3 aromatic rings. The van der Waals surface area contributed by atoms with E-state index in [9.17, 15) is 19.1 Å². The summed E-state index contributed by atoms with van der Waals surface area (Å²) in [7, 11) is 0. The molecule has 0 aliphatic carbocycles. The lowest BCUT2D eigenvalue weighted by atomic mass is 9.99. The second-order valence-corrected chi connectivity index (χ2v) is 6.97. The van der Waals surface area contributed by atoms with Gasteiger partial charge in [-0.2, -0.15) is 0 Å². The lowest BCUT2D eigenvalue weighted by Crippen LogP contribution is -2.46. The fourth-order valence-electron chi connectivity index (χ4n) is 3.56. The number of carbonyl (C=O) groups is 2. The minimum atomic E-state index is -0.944. The number of halogens is 1. The Morgan fingerprint density at radius 1 is 1.25 bits per heavy atom. The number of hydrogen-bond donors (Lipinski definition) is 3. The third-order valence-electron chi connectivity index (χ3n) is 5.16. The molecule has 28 heavy (non-hydrogen) atoms. The standard InChI is InChI=1S/C21H20FN3O3/c1-12(20(27)24-19-18(26)10-23-21(19)28)16-11-25(14-8-6-13(22)7-9-14)17-5-3-2-4-15(16)17/h2-9,11-12,18-19,26H,10H2,1H3,(H,23,28)(H,24,27)/t12?,18-,19+/m1/s1. The molecule has 3 N–H and O–H groups in total. The Bertz CT molecular complexity index is 1040. The highest BCUT2D eigenvalue weighted by molar-refractivity contribution is 5.96. The zero-order valence-electron chi connectivity index (χ0n) is 15.2. The van der Waals surface area contributed by atoms with Gasteiger partial charge in [-0.05, 0) is 42.8 Å². The third kappa shape index (κ3) is 3.14. The molecule has 1 fully saturated rings. The summed E-state index contributed by atoms with van der Waals surface area (Å²) < 4.78 is 15.2. The molecule has 4 rings (SSSR count). The molecule has 144 valence electrons. The molecule has 0 spiro atoms. The van der Waals surface area contributed by atoms with E-state index in [-0.39, 0.29) is 24.2 Å². The van der Waals surface area contributed by atoms with Crippen molar-refractivity contribution in [1.29, 1.82) is 0 Å². The van der Waals surface area contributed by atoms with Gasteiger partial charge < -0.3 is 20.3 Å². The van der Waals surface area contributed by atoms with Crippen LogP contribution >= 0.6 is 0 Å². The molecule has 6 nitrogen and oxygen atoms in total. The van der Waals surface area contributed by atoms with E-state index in [0.717, 1.165) is 22.2 Å². The number of benzene rings is 2. The van der Waals surface area contributed by atoms with Crippen molar-refractivity contribution in [3.8, 4) is 5.69 Å². The Labute approximate surface area is 161 Å². The molecule has 2 amide bonds. The number of rotatable bonds is 4. The van der Waals surface area contributed by atoms with Gasteiger partial charge in [-0.15, -0.1) is 0 Å². The summed E-state index contributed by atoms with van der Waals surface area (Å²) in [4.78, 5) is 24.6. The first-order chi connectivity index (χ1) is 13.5. The number of hydrogen-bond acceptors (Lipinski definition) is 3. The molecule has 1 aromatic heterocycles. The summed E-state index contributed by atoms with van der Waals surface area (Å²) >= 11 is 0. The van der Waals surface area contributed by atoms with Crippen molar-refractivity contribution < 1.29 is 19.1 Å². The number of carbonyl (C=O) groups excluding carboxylic acids is 2. The largest absolute Gasteiger partial charge is 0.389 e. The Morgan fingerprint density at radius 3 is 2.64 bits per heavy atom. The van der Waals surface area contributed by atoms with Crippen LogP contribution in [0.25, 0.3) is 16.6 Å². The van der Waals surface area contributed by atoms with E-state index < -0.39 is 18.1 Å². The maximum Gasteiger partial charge on any atom is 0.245 e. The monoisotopic (exact) mass is 381 g/mol. The summed E-state index contributed by atoms with van der Waals surface area (Å²) in [5.74, 6) is -1.60. The average molecular weight is 381 g/mol. The lowest BCUT2D eigenvalue weighted by Gasteiger charge is -2.17. The highest BCUT2D eigenvalue weighted by atomic mass is 19.1. The molecule has 3 atom stereocenters. The van der Waals surface area contributed by atoms with E-state index in [2.05, 4.69) is 10.6 Å². The number of fused-ring (bicyclic) bond motifs is 1. The van der Waals surface area contributed by atoms with Crippen molar-refractivity contribution in [2.75, 3.05) is 6.54 Å². The van der Waals surface area contributed by atoms with Crippen molar-refractivity contribution >= 4 is 22.7 Å². The van der Waals surface area contributed by atoms with Gasteiger partial charge in [0.1, 0.15) is 18.0 Å². The summed E-state index contributed by atoms with van der Waals surface area (Å²) in [6.07, 6.45) is 0.914. The second kappa shape index (κ2) is 7.09. The van der Waals surface area contributed by atoms with Crippen molar-refractivity contribution in [2.24, 2.45) is 0 Å². The summed E-state index contributed by atoms with van der Waals surface area (Å²) in [6.45, 7) is 1.88. The smallest absolute Gasteiger partial charge is 0.245 e. The van der Waals surface area contributed by atoms with Crippen LogP contribution < -0.4 is 10.6 Å². The van der Waals surface area contributed by atoms with Crippen LogP contribution in [0.5, 0.6) is 0 Å². The van der Waals surface area contributed by atoms with Crippen LogP contribution in [-0.4, -0.2) is 40.2 Å². The van der Waals surface area contributed by atoms with Gasteiger partial charge in [0.25, 0.3) is 0 Å². The Balaban J connectivity index is 1.69. The zero-order chi connectivity index (χ0) is 19.8. The van der Waals surface area contributed by atoms with Crippen LogP contribution in [0.1, 0.15) is 18.4 Å². The molecule has 2 heterocycles. The minimum Gasteiger partial charge on any atom is -0.389 e. The molecular formula is C21H20FN3O3. The molecule has 1 saturated heterocycles. The summed E-state index contributed by atoms with van der Waals surface area (Å²) in [5.41, 5.74) is 2.45. The Morgan fingerprint density at radius 2 is 1.96 bits per heavy atom. The van der Waals surface area contributed by atoms with Gasteiger partial charge in [0.05, 0.1) is 11.4 Å². The first-order valence-corrected chi connectivity index (χ1v) is 9.08. The van der Waals surface area contributed by atoms with Crippen molar-refractivity contribution in [3.63, 3.8) is 0 Å². The SMILES string of the molecule is CC(C(=O)N[C@@H]1C(=O)NC[C@H]1O)c1cn(-c2ccc(F)cc2)c2ccccc12. The van der Waals surface area contributed by atoms with Crippen LogP contribution in [0.2, 0.25) is 0 Å². The number of β-amino-alcohol motifs (C(OH)–C–C–N with tert-alkyl or cyclic N) is 1. The Kier molecular flexibility index (Phi) is 4.60. The molecule has 0 radical (unpaired) electrons. The van der Waals surface area contributed by atoms with Gasteiger partial charge >= 0.3 is 0 Å². The van der Waals surface area contributed by atoms with Gasteiger partial charge in [-0.25, -0.2) is 4.39 Å². The molecule has 2 aromatic carbocycles. The van der Waals surface area contributed by atoms with Gasteiger partial charge in [-0.1, -0.05) is 18.2 Å². The molecule has 0 bridgehead atoms. The number of aliphatic hydroxyl groups excluding tert-OH is 1. The first-order valence-electron chi connectivity index (χ1n) is 9.08. The van der Waals surface area contributed by atoms with Crippen LogP contribution in [0.4, 0.5) is 4.39 Å². The maximum atomic E-state index is 13.3. The first kappa shape index (κ1) is 18.2. The van der Waals surface area contributed by atoms with Crippen LogP contribution in [0, 0.1) is 5.82 Å². The van der Waals surface area contributed by atoms with E-state index in [0.29, 0.717) is 0 Å². The van der Waals surface area contributed by atoms with Crippen LogP contribution in [0.15, 0.2) is 54.7 Å². The van der Waals surface area contributed by atoms with E-state index in [4.69, 9.17) is 0 Å². The Hall–Kier alpha value is -3.19. The topological polar surface area (TPSA) is 83.4 Å². The third-order valence-corrected chi connectivity index (χ3v) is 5.16.